The molecule has 1 saturated heterocycles. The van der Waals surface area contributed by atoms with E-state index in [0.29, 0.717) is 87.0 Å². The summed E-state index contributed by atoms with van der Waals surface area (Å²) in [5.74, 6) is 8.66. The summed E-state index contributed by atoms with van der Waals surface area (Å²) in [4.78, 5) is 30.7. The Kier molecular flexibility index (Phi) is 13.7. The van der Waals surface area contributed by atoms with Crippen LogP contribution in [-0.2, 0) is 16.0 Å². The molecule has 62 heavy (non-hydrogen) atoms. The average Bonchev–Trinajstić information content (AvgIpc) is 3.32. The second-order valence-corrected chi connectivity index (χ2v) is 18.8. The van der Waals surface area contributed by atoms with Gasteiger partial charge in [0.2, 0.25) is 0 Å². The van der Waals surface area contributed by atoms with Crippen LogP contribution in [0.3, 0.4) is 0 Å². The number of aromatic nitrogens is 1. The van der Waals surface area contributed by atoms with Crippen molar-refractivity contribution in [3.63, 3.8) is 0 Å². The number of anilines is 1. The third-order valence-corrected chi connectivity index (χ3v) is 15.0. The molecule has 3 aliphatic carbocycles. The molecule has 8 rings (SSSR count). The Morgan fingerprint density at radius 2 is 1.81 bits per heavy atom. The number of carbonyl (C=O) groups excluding carboxylic acids is 2. The number of carbonyl (C=O) groups is 2. The first-order valence-electron chi connectivity index (χ1n) is 22.9. The molecule has 4 aliphatic rings. The quantitative estimate of drug-likeness (QED) is 0.0746. The van der Waals surface area contributed by atoms with Crippen LogP contribution in [0.15, 0.2) is 72.9 Å². The minimum atomic E-state index is -1.22. The molecule has 0 radical (unpaired) electrons. The monoisotopic (exact) mass is 841 g/mol. The van der Waals surface area contributed by atoms with Gasteiger partial charge < -0.3 is 36.2 Å². The molecule has 3 fully saturated rings. The Morgan fingerprint density at radius 1 is 0.984 bits per heavy atom. The lowest BCUT2D eigenvalue weighted by Crippen LogP contribution is -2.50. The molecule has 1 aliphatic heterocycles. The van der Waals surface area contributed by atoms with E-state index in [1.54, 1.807) is 18.3 Å². The van der Waals surface area contributed by atoms with E-state index in [4.69, 9.17) is 10.5 Å². The van der Waals surface area contributed by atoms with Gasteiger partial charge in [-0.15, -0.1) is 0 Å². The van der Waals surface area contributed by atoms with Crippen molar-refractivity contribution in [1.29, 1.82) is 0 Å². The molecule has 10 atom stereocenters. The lowest BCUT2D eigenvalue weighted by molar-refractivity contribution is -0.134. The number of nitrogens with two attached hydrogens (primary N) is 1. The summed E-state index contributed by atoms with van der Waals surface area (Å²) in [6, 6.07) is 22.2. The van der Waals surface area contributed by atoms with E-state index >= 15 is 0 Å². The van der Waals surface area contributed by atoms with Crippen LogP contribution in [0.5, 0.6) is 11.5 Å². The van der Waals surface area contributed by atoms with Gasteiger partial charge >= 0.3 is 0 Å². The van der Waals surface area contributed by atoms with Crippen molar-refractivity contribution in [2.45, 2.75) is 120 Å². The molecule has 328 valence electrons. The number of phenolic OH excluding ortho intramolecular Hbond substituents is 1. The number of aryl methyl sites for hydroxylation is 1. The lowest BCUT2D eigenvalue weighted by atomic mass is 9.63. The molecular weight excluding hydrogens is 779 g/mol. The van der Waals surface area contributed by atoms with Gasteiger partial charge in [0.05, 0.1) is 19.3 Å². The molecule has 1 spiro atoms. The number of aromatic hydroxyl groups is 1. The number of phenols is 1. The zero-order chi connectivity index (χ0) is 43.4. The van der Waals surface area contributed by atoms with E-state index in [1.807, 2.05) is 24.3 Å². The van der Waals surface area contributed by atoms with Gasteiger partial charge in [-0.25, -0.2) is 4.98 Å². The van der Waals surface area contributed by atoms with Crippen LogP contribution in [0.1, 0.15) is 118 Å². The molecule has 1 aromatic heterocycles. The number of aliphatic hydroxyl groups is 3. The zero-order valence-corrected chi connectivity index (χ0v) is 36.0. The number of methoxy groups -OCH3 is 1. The largest absolute Gasteiger partial charge is 0.504 e. The molecule has 3 aromatic carbocycles. The minimum absolute atomic E-state index is 0.0100. The van der Waals surface area contributed by atoms with Gasteiger partial charge in [0.15, 0.2) is 17.3 Å². The fraction of sp³-hybridized carbons (Fsp3) is 0.519. The van der Waals surface area contributed by atoms with E-state index in [2.05, 4.69) is 52.5 Å². The summed E-state index contributed by atoms with van der Waals surface area (Å²) >= 11 is 0. The summed E-state index contributed by atoms with van der Waals surface area (Å²) in [6.45, 7) is 0.943. The molecular formula is C52H63N3O7. The lowest BCUT2D eigenvalue weighted by Gasteiger charge is -2.44. The highest BCUT2D eigenvalue weighted by Crippen LogP contribution is 2.47. The smallest absolute Gasteiger partial charge is 0.160 e. The predicted molar refractivity (Wildman–Crippen MR) is 241 cm³/mol. The number of fused-ring (bicyclic) bond motifs is 3. The number of nitrogen functional groups attached to an aromatic ring is 1. The molecule has 0 amide bonds. The number of rotatable bonds is 13. The standard InChI is InChI=1S/C52H63N3O7/c1-62-48-26-38-10-13-49(60)52(18-14-32(23-50(52)61)22-36(17-21-56)41-25-40-9-12-43(58)29-46(40)55-31-41)19-15-34(45(38)30-47(48)59)8-11-42(57)28-44(39-16-20-54-51(53)27-39)37-7-6-33-4-2-3-5-35(33)24-37/h2-7,16,20,24,26-27,30,32,34,36,40-42,44,46,50,55-57,59,61H,8-14,17-18,21-23,25,28-29,31H2,1H3,(H2,53,54). The number of aliphatic hydroxyl groups excluding tert-OH is 3. The maximum atomic E-state index is 14.4. The third kappa shape index (κ3) is 9.57. The number of piperidine rings is 1. The van der Waals surface area contributed by atoms with Crippen molar-refractivity contribution < 1.29 is 34.8 Å². The van der Waals surface area contributed by atoms with Crippen molar-refractivity contribution in [2.24, 2.45) is 29.1 Å². The molecule has 10 heteroatoms. The maximum Gasteiger partial charge on any atom is 0.160 e. The van der Waals surface area contributed by atoms with Crippen molar-refractivity contribution in [3.05, 3.63) is 95.2 Å². The number of hydrogen-bond acceptors (Lipinski definition) is 10. The Hall–Kier alpha value is -4.79. The number of Topliss-reactive ketones (excluding diaryl/α,β-unsaturated/α-hetero) is 2. The summed E-state index contributed by atoms with van der Waals surface area (Å²) in [7, 11) is 1.51. The second kappa shape index (κ2) is 19.3. The van der Waals surface area contributed by atoms with Crippen LogP contribution in [0, 0.1) is 40.9 Å². The number of hydrogen-bond donors (Lipinski definition) is 6. The van der Waals surface area contributed by atoms with Crippen LogP contribution in [-0.4, -0.2) is 75.5 Å². The minimum Gasteiger partial charge on any atom is -0.504 e. The van der Waals surface area contributed by atoms with Crippen LogP contribution < -0.4 is 15.8 Å². The molecule has 2 saturated carbocycles. The average molecular weight is 842 g/mol. The van der Waals surface area contributed by atoms with E-state index in [1.165, 1.54) is 7.11 Å². The second-order valence-electron chi connectivity index (χ2n) is 18.8. The van der Waals surface area contributed by atoms with Gasteiger partial charge in [0.25, 0.3) is 0 Å². The number of ketones is 2. The van der Waals surface area contributed by atoms with E-state index < -0.39 is 23.5 Å². The number of nitrogens with one attached hydrogen (secondary N) is 1. The Morgan fingerprint density at radius 3 is 2.60 bits per heavy atom. The van der Waals surface area contributed by atoms with E-state index in [-0.39, 0.29) is 48.4 Å². The van der Waals surface area contributed by atoms with Gasteiger partial charge in [-0.3, -0.25) is 9.59 Å². The van der Waals surface area contributed by atoms with Gasteiger partial charge in [0, 0.05) is 49.9 Å². The first kappa shape index (κ1) is 43.8. The first-order chi connectivity index (χ1) is 30.0. The van der Waals surface area contributed by atoms with Crippen molar-refractivity contribution >= 4 is 28.2 Å². The fourth-order valence-electron chi connectivity index (χ4n) is 11.5. The maximum absolute atomic E-state index is 14.4. The highest BCUT2D eigenvalue weighted by molar-refractivity contribution is 5.89. The van der Waals surface area contributed by atoms with Crippen LogP contribution in [0.2, 0.25) is 0 Å². The van der Waals surface area contributed by atoms with Crippen LogP contribution >= 0.6 is 0 Å². The summed E-state index contributed by atoms with van der Waals surface area (Å²) in [5.41, 5.74) is 8.65. The fourth-order valence-corrected chi connectivity index (χ4v) is 11.5. The summed E-state index contributed by atoms with van der Waals surface area (Å²) in [5, 5.41) is 51.0. The van der Waals surface area contributed by atoms with Crippen molar-refractivity contribution in [1.82, 2.24) is 10.3 Å². The van der Waals surface area contributed by atoms with Crippen molar-refractivity contribution in [2.75, 3.05) is 26.0 Å². The SMILES string of the molecule is COc1cc2c(cc1O)C(CCC(O)CC(c1ccnc(N)c1)c1ccc3ccccc3c1)C#CC1(CCC(CC(CCO)C3CNC4CC(=O)CCC4C3)CC1O)C(=O)CC2. The Balaban J connectivity index is 1.02. The Labute approximate surface area is 365 Å². The topological polar surface area (TPSA) is 175 Å². The third-order valence-electron chi connectivity index (χ3n) is 15.0. The van der Waals surface area contributed by atoms with E-state index in [9.17, 15) is 30.0 Å². The highest BCUT2D eigenvalue weighted by atomic mass is 16.5. The Bertz CT molecular complexity index is 2300. The molecule has 7 N–H and O–H groups in total. The molecule has 2 heterocycles. The van der Waals surface area contributed by atoms with Gasteiger partial charge in [-0.1, -0.05) is 54.3 Å². The molecule has 4 aromatic rings. The number of benzene rings is 3. The van der Waals surface area contributed by atoms with Crippen LogP contribution in [0.25, 0.3) is 10.8 Å². The summed E-state index contributed by atoms with van der Waals surface area (Å²) < 4.78 is 5.50. The highest BCUT2D eigenvalue weighted by Gasteiger charge is 2.48. The normalized spacial score (nSPS) is 27.7. The van der Waals surface area contributed by atoms with Gasteiger partial charge in [-0.2, -0.15) is 0 Å². The first-order valence-corrected chi connectivity index (χ1v) is 22.9. The predicted octanol–water partition coefficient (Wildman–Crippen LogP) is 7.38. The van der Waals surface area contributed by atoms with Crippen LogP contribution in [0.4, 0.5) is 5.82 Å². The van der Waals surface area contributed by atoms with Gasteiger partial charge in [0.1, 0.15) is 17.0 Å². The molecule has 10 nitrogen and oxygen atoms in total. The summed E-state index contributed by atoms with van der Waals surface area (Å²) in [6.07, 6.45) is 8.41. The van der Waals surface area contributed by atoms with Gasteiger partial charge in [-0.05, 0) is 158 Å². The number of nitrogens with zero attached hydrogens (tertiary/aromatic N) is 1. The number of ether oxygens (including phenoxy) is 1. The van der Waals surface area contributed by atoms with Crippen molar-refractivity contribution in [3.8, 4) is 23.3 Å². The molecule has 10 unspecified atom stereocenters. The zero-order valence-electron chi connectivity index (χ0n) is 36.0. The van der Waals surface area contributed by atoms with E-state index in [0.717, 1.165) is 65.3 Å². The molecule has 0 bridgehead atoms. The number of pyridine rings is 1.